The van der Waals surface area contributed by atoms with Crippen LogP contribution in [0.3, 0.4) is 0 Å². The smallest absolute Gasteiger partial charge is 0.433 e. The third-order valence-corrected chi connectivity index (χ3v) is 3.47. The van der Waals surface area contributed by atoms with E-state index < -0.39 is 23.6 Å². The zero-order valence-corrected chi connectivity index (χ0v) is 13.9. The number of hydrogen-bond donors (Lipinski definition) is 1. The molecule has 0 bridgehead atoms. The van der Waals surface area contributed by atoms with E-state index in [0.29, 0.717) is 26.2 Å². The zero-order valence-electron chi connectivity index (χ0n) is 13.9. The summed E-state index contributed by atoms with van der Waals surface area (Å²) in [5.41, 5.74) is 4.64. The Balaban J connectivity index is 2.06. The van der Waals surface area contributed by atoms with Gasteiger partial charge < -0.3 is 20.3 Å². The topological polar surface area (TPSA) is 71.7 Å². The van der Waals surface area contributed by atoms with Gasteiger partial charge in [-0.3, -0.25) is 0 Å². The number of rotatable bonds is 1. The van der Waals surface area contributed by atoms with Crippen molar-refractivity contribution in [2.75, 3.05) is 36.8 Å². The number of nitrogen functional groups attached to an aromatic ring is 1. The van der Waals surface area contributed by atoms with Crippen molar-refractivity contribution in [2.24, 2.45) is 0 Å². The fourth-order valence-corrected chi connectivity index (χ4v) is 2.34. The highest BCUT2D eigenvalue weighted by Gasteiger charge is 2.34. The second-order valence-corrected chi connectivity index (χ2v) is 6.58. The quantitative estimate of drug-likeness (QED) is 0.847. The van der Waals surface area contributed by atoms with E-state index in [1.165, 1.54) is 4.90 Å². The number of anilines is 2. The van der Waals surface area contributed by atoms with Gasteiger partial charge >= 0.3 is 12.3 Å². The van der Waals surface area contributed by atoms with Gasteiger partial charge in [0.15, 0.2) is 0 Å². The summed E-state index contributed by atoms with van der Waals surface area (Å²) in [5.74, 6) is 0. The molecule has 6 nitrogen and oxygen atoms in total. The first-order valence-electron chi connectivity index (χ1n) is 7.53. The monoisotopic (exact) mass is 346 g/mol. The number of aromatic nitrogens is 1. The second-order valence-electron chi connectivity index (χ2n) is 6.58. The molecular weight excluding hydrogens is 325 g/mol. The molecule has 1 aromatic rings. The van der Waals surface area contributed by atoms with Gasteiger partial charge in [-0.1, -0.05) is 0 Å². The van der Waals surface area contributed by atoms with Crippen LogP contribution in [0.4, 0.5) is 29.3 Å². The van der Waals surface area contributed by atoms with Crippen LogP contribution in [0.15, 0.2) is 12.3 Å². The Morgan fingerprint density at radius 1 is 1.21 bits per heavy atom. The number of piperazine rings is 1. The van der Waals surface area contributed by atoms with Gasteiger partial charge in [-0.05, 0) is 26.8 Å². The van der Waals surface area contributed by atoms with Gasteiger partial charge in [0.05, 0.1) is 17.6 Å². The lowest BCUT2D eigenvalue weighted by atomic mass is 10.2. The summed E-state index contributed by atoms with van der Waals surface area (Å²) in [7, 11) is 0. The van der Waals surface area contributed by atoms with Gasteiger partial charge in [-0.25, -0.2) is 9.78 Å². The summed E-state index contributed by atoms with van der Waals surface area (Å²) in [6, 6.07) is 0.943. The van der Waals surface area contributed by atoms with Gasteiger partial charge in [0, 0.05) is 26.2 Å². The minimum Gasteiger partial charge on any atom is -0.444 e. The van der Waals surface area contributed by atoms with E-state index in [2.05, 4.69) is 4.98 Å². The molecule has 0 atom stereocenters. The van der Waals surface area contributed by atoms with E-state index in [-0.39, 0.29) is 11.4 Å². The van der Waals surface area contributed by atoms with Crippen molar-refractivity contribution in [3.63, 3.8) is 0 Å². The van der Waals surface area contributed by atoms with Gasteiger partial charge in [-0.2, -0.15) is 13.2 Å². The number of hydrogen-bond acceptors (Lipinski definition) is 5. The molecule has 1 saturated heterocycles. The summed E-state index contributed by atoms with van der Waals surface area (Å²) in [6.07, 6.45) is -3.94. The van der Waals surface area contributed by atoms with Crippen molar-refractivity contribution in [3.05, 3.63) is 18.0 Å². The minimum atomic E-state index is -4.53. The lowest BCUT2D eigenvalue weighted by molar-refractivity contribution is -0.141. The third kappa shape index (κ3) is 4.42. The van der Waals surface area contributed by atoms with Crippen LogP contribution in [0.25, 0.3) is 0 Å². The second kappa shape index (κ2) is 6.37. The first kappa shape index (κ1) is 18.2. The van der Waals surface area contributed by atoms with Gasteiger partial charge in [0.25, 0.3) is 0 Å². The third-order valence-electron chi connectivity index (χ3n) is 3.47. The van der Waals surface area contributed by atoms with E-state index in [1.54, 1.807) is 25.7 Å². The van der Waals surface area contributed by atoms with Crippen LogP contribution in [0.5, 0.6) is 0 Å². The van der Waals surface area contributed by atoms with Crippen LogP contribution in [0, 0.1) is 0 Å². The van der Waals surface area contributed by atoms with Crippen LogP contribution in [0.2, 0.25) is 0 Å². The summed E-state index contributed by atoms with van der Waals surface area (Å²) in [4.78, 5) is 18.6. The normalized spacial score (nSPS) is 16.2. The average molecular weight is 346 g/mol. The molecule has 1 aliphatic rings. The number of alkyl halides is 3. The molecule has 1 fully saturated rings. The molecule has 9 heteroatoms. The number of carbonyl (C=O) groups excluding carboxylic acids is 1. The Morgan fingerprint density at radius 3 is 2.29 bits per heavy atom. The number of carbonyl (C=O) groups is 1. The van der Waals surface area contributed by atoms with Gasteiger partial charge in [0.1, 0.15) is 11.3 Å². The lowest BCUT2D eigenvalue weighted by Gasteiger charge is -2.37. The Hall–Kier alpha value is -2.19. The van der Waals surface area contributed by atoms with Crippen LogP contribution < -0.4 is 10.6 Å². The molecule has 0 unspecified atom stereocenters. The summed E-state index contributed by atoms with van der Waals surface area (Å²) in [6.45, 7) is 6.75. The van der Waals surface area contributed by atoms with Gasteiger partial charge in [0.2, 0.25) is 0 Å². The molecule has 1 aliphatic heterocycles. The van der Waals surface area contributed by atoms with E-state index in [9.17, 15) is 18.0 Å². The highest BCUT2D eigenvalue weighted by atomic mass is 19.4. The largest absolute Gasteiger partial charge is 0.444 e. The molecule has 1 amide bonds. The molecule has 134 valence electrons. The Morgan fingerprint density at radius 2 is 1.79 bits per heavy atom. The summed E-state index contributed by atoms with van der Waals surface area (Å²) < 4.78 is 43.7. The molecule has 24 heavy (non-hydrogen) atoms. The fourth-order valence-electron chi connectivity index (χ4n) is 2.34. The van der Waals surface area contributed by atoms with Crippen LogP contribution in [-0.4, -0.2) is 47.8 Å². The number of halogens is 3. The predicted octanol–water partition coefficient (Wildman–Crippen LogP) is 2.74. The molecule has 1 aromatic heterocycles. The molecule has 0 radical (unpaired) electrons. The molecule has 2 N–H and O–H groups in total. The van der Waals surface area contributed by atoms with Crippen LogP contribution in [0.1, 0.15) is 26.5 Å². The van der Waals surface area contributed by atoms with E-state index in [4.69, 9.17) is 10.5 Å². The molecule has 2 heterocycles. The zero-order chi connectivity index (χ0) is 18.1. The highest BCUT2D eigenvalue weighted by Crippen LogP contribution is 2.33. The van der Waals surface area contributed by atoms with E-state index in [1.807, 2.05) is 0 Å². The van der Waals surface area contributed by atoms with Crippen LogP contribution in [-0.2, 0) is 10.9 Å². The van der Waals surface area contributed by atoms with Crippen molar-refractivity contribution in [1.29, 1.82) is 0 Å². The molecule has 0 saturated carbocycles. The minimum absolute atomic E-state index is 0.175. The number of nitrogens with zero attached hydrogens (tertiary/aromatic N) is 3. The maximum atomic E-state index is 12.8. The average Bonchev–Trinajstić information content (AvgIpc) is 2.45. The first-order chi connectivity index (χ1) is 11.0. The predicted molar refractivity (Wildman–Crippen MR) is 83.7 cm³/mol. The van der Waals surface area contributed by atoms with E-state index in [0.717, 1.165) is 12.3 Å². The van der Waals surface area contributed by atoms with Gasteiger partial charge in [-0.15, -0.1) is 0 Å². The molecular formula is C15H21F3N4O2. The maximum absolute atomic E-state index is 12.8. The Labute approximate surface area is 138 Å². The number of ether oxygens (including phenoxy) is 1. The Kier molecular flexibility index (Phi) is 4.82. The standard InChI is InChI=1S/C15H21F3N4O2/c1-14(2,3)24-13(23)22-6-4-21(5-7-22)11-8-12(15(16,17)18)20-9-10(11)19/h8-9H,4-7,19H2,1-3H3. The SMILES string of the molecule is CC(C)(C)OC(=O)N1CCN(c2cc(C(F)(F)F)ncc2N)CC1. The molecule has 0 aromatic carbocycles. The molecule has 2 rings (SSSR count). The van der Waals surface area contributed by atoms with E-state index >= 15 is 0 Å². The molecule has 0 aliphatic carbocycles. The first-order valence-corrected chi connectivity index (χ1v) is 7.53. The van der Waals surface area contributed by atoms with Crippen molar-refractivity contribution in [3.8, 4) is 0 Å². The van der Waals surface area contributed by atoms with Crippen molar-refractivity contribution >= 4 is 17.5 Å². The number of amides is 1. The maximum Gasteiger partial charge on any atom is 0.433 e. The Bertz CT molecular complexity index is 606. The summed E-state index contributed by atoms with van der Waals surface area (Å²) >= 11 is 0. The lowest BCUT2D eigenvalue weighted by Crippen LogP contribution is -2.50. The summed E-state index contributed by atoms with van der Waals surface area (Å²) in [5, 5.41) is 0. The highest BCUT2D eigenvalue weighted by molar-refractivity contribution is 5.70. The number of pyridine rings is 1. The van der Waals surface area contributed by atoms with Crippen LogP contribution >= 0.6 is 0 Å². The molecule has 0 spiro atoms. The van der Waals surface area contributed by atoms with Crippen molar-refractivity contribution in [2.45, 2.75) is 32.5 Å². The van der Waals surface area contributed by atoms with Crippen molar-refractivity contribution in [1.82, 2.24) is 9.88 Å². The van der Waals surface area contributed by atoms with Crippen molar-refractivity contribution < 1.29 is 22.7 Å². The fraction of sp³-hybridized carbons (Fsp3) is 0.600. The number of nitrogens with two attached hydrogens (primary N) is 1.